The fourth-order valence-electron chi connectivity index (χ4n) is 4.14. The van der Waals surface area contributed by atoms with E-state index >= 15 is 0 Å². The summed E-state index contributed by atoms with van der Waals surface area (Å²) in [5.41, 5.74) is 3.67. The van der Waals surface area contributed by atoms with Gasteiger partial charge in [0, 0.05) is 42.4 Å². The summed E-state index contributed by atoms with van der Waals surface area (Å²) < 4.78 is 3.23. The molecule has 1 amide bonds. The van der Waals surface area contributed by atoms with E-state index in [-0.39, 0.29) is 11.8 Å². The van der Waals surface area contributed by atoms with Gasteiger partial charge in [-0.25, -0.2) is 4.98 Å². The molecule has 1 aliphatic rings. The Morgan fingerprint density at radius 2 is 1.81 bits per heavy atom. The molecule has 0 atom stereocenters. The van der Waals surface area contributed by atoms with Crippen LogP contribution in [0.15, 0.2) is 65.4 Å². The van der Waals surface area contributed by atoms with Crippen molar-refractivity contribution in [3.63, 3.8) is 0 Å². The molecule has 0 bridgehead atoms. The summed E-state index contributed by atoms with van der Waals surface area (Å²) in [7, 11) is 0. The lowest BCUT2D eigenvalue weighted by molar-refractivity contribution is -0.126. The summed E-state index contributed by atoms with van der Waals surface area (Å²) in [6.45, 7) is 6.26. The van der Waals surface area contributed by atoms with Gasteiger partial charge in [-0.2, -0.15) is 0 Å². The highest BCUT2D eigenvalue weighted by atomic mass is 79.9. The number of carbonyl (C=O) groups excluding carboxylic acids is 1. The highest BCUT2D eigenvalue weighted by Crippen LogP contribution is 2.20. The van der Waals surface area contributed by atoms with Crippen molar-refractivity contribution in [1.82, 2.24) is 19.8 Å². The fourth-order valence-corrected chi connectivity index (χ4v) is 4.40. The van der Waals surface area contributed by atoms with Crippen LogP contribution in [-0.4, -0.2) is 33.4 Å². The minimum Gasteiger partial charge on any atom is -0.352 e. The van der Waals surface area contributed by atoms with E-state index in [9.17, 15) is 4.79 Å². The molecule has 162 valence electrons. The van der Waals surface area contributed by atoms with E-state index in [0.29, 0.717) is 6.54 Å². The van der Waals surface area contributed by atoms with Crippen LogP contribution in [0.5, 0.6) is 0 Å². The van der Waals surface area contributed by atoms with E-state index in [1.165, 1.54) is 11.1 Å². The molecule has 3 aromatic rings. The normalized spacial score (nSPS) is 15.2. The van der Waals surface area contributed by atoms with E-state index in [1.807, 2.05) is 19.3 Å². The molecule has 0 saturated carbocycles. The van der Waals surface area contributed by atoms with Crippen LogP contribution in [-0.2, 0) is 24.4 Å². The number of halogens is 1. The number of amides is 1. The number of piperidine rings is 1. The number of hydrogen-bond acceptors (Lipinski definition) is 3. The predicted molar refractivity (Wildman–Crippen MR) is 126 cm³/mol. The molecule has 2 heterocycles. The number of nitrogens with zero attached hydrogens (tertiary/aromatic N) is 3. The van der Waals surface area contributed by atoms with Crippen molar-refractivity contribution in [1.29, 1.82) is 0 Å². The molecule has 1 N–H and O–H groups in total. The molecule has 1 saturated heterocycles. The van der Waals surface area contributed by atoms with Crippen LogP contribution < -0.4 is 5.32 Å². The Bertz CT molecular complexity index is 1010. The Labute approximate surface area is 192 Å². The first kappa shape index (κ1) is 21.8. The van der Waals surface area contributed by atoms with Crippen molar-refractivity contribution in [2.45, 2.75) is 39.4 Å². The van der Waals surface area contributed by atoms with Gasteiger partial charge in [0.2, 0.25) is 5.91 Å². The van der Waals surface area contributed by atoms with Crippen molar-refractivity contribution >= 4 is 21.8 Å². The fraction of sp³-hybridized carbons (Fsp3) is 0.360. The van der Waals surface area contributed by atoms with Crippen molar-refractivity contribution < 1.29 is 4.79 Å². The van der Waals surface area contributed by atoms with Crippen molar-refractivity contribution in [2.24, 2.45) is 5.92 Å². The molecule has 2 aromatic carbocycles. The number of carbonyl (C=O) groups is 1. The summed E-state index contributed by atoms with van der Waals surface area (Å²) in [6, 6.07) is 16.9. The molecule has 4 rings (SSSR count). The second-order valence-electron chi connectivity index (χ2n) is 8.32. The second kappa shape index (κ2) is 10.2. The number of aryl methyl sites for hydroxylation is 1. The molecule has 1 aliphatic heterocycles. The molecule has 5 nitrogen and oxygen atoms in total. The maximum absolute atomic E-state index is 12.7. The highest BCUT2D eigenvalue weighted by Gasteiger charge is 2.24. The lowest BCUT2D eigenvalue weighted by Gasteiger charge is -2.31. The van der Waals surface area contributed by atoms with Gasteiger partial charge in [0.05, 0.1) is 0 Å². The predicted octanol–water partition coefficient (Wildman–Crippen LogP) is 4.53. The summed E-state index contributed by atoms with van der Waals surface area (Å²) in [5.74, 6) is 1.29. The van der Waals surface area contributed by atoms with Crippen LogP contribution in [0, 0.1) is 12.8 Å². The van der Waals surface area contributed by atoms with E-state index in [2.05, 4.69) is 84.2 Å². The zero-order valence-electron chi connectivity index (χ0n) is 17.9. The van der Waals surface area contributed by atoms with E-state index < -0.39 is 0 Å². The Morgan fingerprint density at radius 3 is 2.52 bits per heavy atom. The van der Waals surface area contributed by atoms with Crippen LogP contribution in [0.2, 0.25) is 0 Å². The van der Waals surface area contributed by atoms with Gasteiger partial charge in [-0.15, -0.1) is 0 Å². The molecular weight excluding hydrogens is 452 g/mol. The minimum atomic E-state index is 0.109. The largest absolute Gasteiger partial charge is 0.352 e. The average Bonchev–Trinajstić information content (AvgIpc) is 3.19. The maximum atomic E-state index is 12.7. The Hall–Kier alpha value is -2.44. The molecule has 0 aliphatic carbocycles. The zero-order valence-corrected chi connectivity index (χ0v) is 19.5. The summed E-state index contributed by atoms with van der Waals surface area (Å²) in [4.78, 5) is 19.4. The van der Waals surface area contributed by atoms with Gasteiger partial charge >= 0.3 is 0 Å². The number of benzene rings is 2. The molecular formula is C25H29BrN4O. The molecule has 1 aromatic heterocycles. The molecule has 0 radical (unpaired) electrons. The second-order valence-corrected chi connectivity index (χ2v) is 9.23. The number of rotatable bonds is 7. The van der Waals surface area contributed by atoms with Gasteiger partial charge in [0.1, 0.15) is 5.82 Å². The number of aromatic nitrogens is 2. The van der Waals surface area contributed by atoms with Gasteiger partial charge in [-0.1, -0.05) is 52.3 Å². The van der Waals surface area contributed by atoms with Crippen molar-refractivity contribution in [2.75, 3.05) is 13.1 Å². The van der Waals surface area contributed by atoms with E-state index in [0.717, 1.165) is 54.9 Å². The Balaban J connectivity index is 1.24. The van der Waals surface area contributed by atoms with Crippen LogP contribution in [0.4, 0.5) is 0 Å². The van der Waals surface area contributed by atoms with E-state index in [1.54, 1.807) is 0 Å². The minimum absolute atomic E-state index is 0.109. The van der Waals surface area contributed by atoms with E-state index in [4.69, 9.17) is 0 Å². The summed E-state index contributed by atoms with van der Waals surface area (Å²) in [5, 5.41) is 3.16. The molecule has 1 fully saturated rings. The van der Waals surface area contributed by atoms with Crippen LogP contribution in [0.3, 0.4) is 0 Å². The standard InChI is InChI=1S/C25H29BrN4O/c1-19-27-11-14-30(19)18-22-4-2-3-21(15-22)16-28-25(31)23-9-12-29(13-10-23)17-20-5-7-24(26)8-6-20/h2-8,11,14-15,23H,9-10,12-13,16-18H2,1H3,(H,28,31). The Kier molecular flexibility index (Phi) is 7.20. The van der Waals surface area contributed by atoms with Crippen molar-refractivity contribution in [3.8, 4) is 0 Å². The zero-order chi connectivity index (χ0) is 21.6. The van der Waals surface area contributed by atoms with Gasteiger partial charge in [-0.3, -0.25) is 9.69 Å². The van der Waals surface area contributed by atoms with Gasteiger partial charge < -0.3 is 9.88 Å². The first-order chi connectivity index (χ1) is 15.1. The monoisotopic (exact) mass is 480 g/mol. The number of likely N-dealkylation sites (tertiary alicyclic amines) is 1. The molecule has 0 unspecified atom stereocenters. The highest BCUT2D eigenvalue weighted by molar-refractivity contribution is 9.10. The lowest BCUT2D eigenvalue weighted by atomic mass is 9.95. The average molecular weight is 481 g/mol. The third-order valence-corrected chi connectivity index (χ3v) is 6.54. The van der Waals surface area contributed by atoms with Crippen LogP contribution in [0.25, 0.3) is 0 Å². The third-order valence-electron chi connectivity index (χ3n) is 6.01. The first-order valence-corrected chi connectivity index (χ1v) is 11.7. The Morgan fingerprint density at radius 1 is 1.06 bits per heavy atom. The molecule has 0 spiro atoms. The van der Waals surface area contributed by atoms with Gasteiger partial charge in [0.25, 0.3) is 0 Å². The van der Waals surface area contributed by atoms with Gasteiger partial charge in [0.15, 0.2) is 0 Å². The maximum Gasteiger partial charge on any atom is 0.223 e. The number of imidazole rings is 1. The van der Waals surface area contributed by atoms with Crippen LogP contribution in [0.1, 0.15) is 35.4 Å². The van der Waals surface area contributed by atoms with Crippen molar-refractivity contribution in [3.05, 3.63) is 87.9 Å². The van der Waals surface area contributed by atoms with Gasteiger partial charge in [-0.05, 0) is 61.7 Å². The lowest BCUT2D eigenvalue weighted by Crippen LogP contribution is -2.40. The quantitative estimate of drug-likeness (QED) is 0.540. The molecule has 6 heteroatoms. The number of hydrogen-bond donors (Lipinski definition) is 1. The number of nitrogens with one attached hydrogen (secondary N) is 1. The SMILES string of the molecule is Cc1nccn1Cc1cccc(CNC(=O)C2CCN(Cc3ccc(Br)cc3)CC2)c1. The molecule has 31 heavy (non-hydrogen) atoms. The first-order valence-electron chi connectivity index (χ1n) is 10.9. The third kappa shape index (κ3) is 6.05. The topological polar surface area (TPSA) is 50.2 Å². The smallest absolute Gasteiger partial charge is 0.223 e. The summed E-state index contributed by atoms with van der Waals surface area (Å²) in [6.07, 6.45) is 5.65. The van der Waals surface area contributed by atoms with Crippen LogP contribution >= 0.6 is 15.9 Å². The summed E-state index contributed by atoms with van der Waals surface area (Å²) >= 11 is 3.48.